The highest BCUT2D eigenvalue weighted by Gasteiger charge is 2.18. The van der Waals surface area contributed by atoms with Crippen molar-refractivity contribution in [1.29, 1.82) is 0 Å². The first kappa shape index (κ1) is 14.9. The fraction of sp³-hybridized carbons (Fsp3) is 0.471. The smallest absolute Gasteiger partial charge is 0.149 e. The Morgan fingerprint density at radius 2 is 2.00 bits per heavy atom. The van der Waals surface area contributed by atoms with E-state index in [1.807, 2.05) is 6.07 Å². The molecule has 0 radical (unpaired) electrons. The average Bonchev–Trinajstić information content (AvgIpc) is 2.38. The first-order valence-corrected chi connectivity index (χ1v) is 7.23. The molecule has 0 amide bonds. The van der Waals surface area contributed by atoms with Gasteiger partial charge < -0.3 is 5.32 Å². The number of pyridine rings is 1. The van der Waals surface area contributed by atoms with Crippen LogP contribution >= 0.6 is 0 Å². The van der Waals surface area contributed by atoms with Gasteiger partial charge in [0.2, 0.25) is 0 Å². The zero-order chi connectivity index (χ0) is 14.8. The van der Waals surface area contributed by atoms with Crippen LogP contribution in [0.25, 0.3) is 10.9 Å². The molecule has 2 nitrogen and oxygen atoms in total. The Morgan fingerprint density at radius 3 is 2.65 bits per heavy atom. The van der Waals surface area contributed by atoms with Gasteiger partial charge in [0.15, 0.2) is 0 Å². The number of halogens is 1. The van der Waals surface area contributed by atoms with Crippen LogP contribution in [-0.4, -0.2) is 11.5 Å². The summed E-state index contributed by atoms with van der Waals surface area (Å²) in [6, 6.07) is 7.27. The van der Waals surface area contributed by atoms with Crippen LogP contribution in [0.3, 0.4) is 0 Å². The van der Waals surface area contributed by atoms with Gasteiger partial charge in [0.25, 0.3) is 0 Å². The number of hydrogen-bond donors (Lipinski definition) is 1. The third-order valence-corrected chi connectivity index (χ3v) is 3.39. The van der Waals surface area contributed by atoms with Gasteiger partial charge in [-0.1, -0.05) is 39.8 Å². The van der Waals surface area contributed by atoms with Crippen molar-refractivity contribution in [3.8, 4) is 0 Å². The molecule has 0 atom stereocenters. The van der Waals surface area contributed by atoms with Crippen molar-refractivity contribution in [3.05, 3.63) is 41.3 Å². The van der Waals surface area contributed by atoms with Gasteiger partial charge in [-0.15, -0.1) is 0 Å². The molecule has 2 rings (SSSR count). The molecule has 20 heavy (non-hydrogen) atoms. The Hall–Kier alpha value is -1.48. The van der Waals surface area contributed by atoms with Crippen molar-refractivity contribution >= 4 is 10.9 Å². The molecular formula is C17H23FN2. The van der Waals surface area contributed by atoms with E-state index < -0.39 is 0 Å². The molecule has 0 saturated carbocycles. The monoisotopic (exact) mass is 274 g/mol. The van der Waals surface area contributed by atoms with E-state index in [2.05, 4.69) is 44.1 Å². The normalized spacial score (nSPS) is 12.1. The van der Waals surface area contributed by atoms with Crippen molar-refractivity contribution in [2.24, 2.45) is 0 Å². The van der Waals surface area contributed by atoms with Gasteiger partial charge in [0, 0.05) is 23.0 Å². The molecule has 1 N–H and O–H groups in total. The molecule has 0 saturated heterocycles. The van der Waals surface area contributed by atoms with E-state index in [-0.39, 0.29) is 11.2 Å². The summed E-state index contributed by atoms with van der Waals surface area (Å²) in [5.74, 6) is -0.245. The summed E-state index contributed by atoms with van der Waals surface area (Å²) in [6.45, 7) is 10.2. The maximum absolute atomic E-state index is 14.0. The minimum Gasteiger partial charge on any atom is -0.313 e. The molecule has 0 bridgehead atoms. The highest BCUT2D eigenvalue weighted by Crippen LogP contribution is 2.27. The molecule has 0 spiro atoms. The van der Waals surface area contributed by atoms with Gasteiger partial charge >= 0.3 is 0 Å². The fourth-order valence-electron chi connectivity index (χ4n) is 2.21. The first-order valence-electron chi connectivity index (χ1n) is 7.23. The molecule has 0 unspecified atom stereocenters. The van der Waals surface area contributed by atoms with Gasteiger partial charge in [-0.25, -0.2) is 9.37 Å². The highest BCUT2D eigenvalue weighted by atomic mass is 19.1. The summed E-state index contributed by atoms with van der Waals surface area (Å²) in [7, 11) is 0. The highest BCUT2D eigenvalue weighted by molar-refractivity contribution is 5.83. The Bertz CT molecular complexity index is 600. The third kappa shape index (κ3) is 3.15. The van der Waals surface area contributed by atoms with Gasteiger partial charge in [-0.2, -0.15) is 0 Å². The minimum absolute atomic E-state index is 0.0873. The number of benzene rings is 1. The summed E-state index contributed by atoms with van der Waals surface area (Å²) in [5.41, 5.74) is 2.44. The van der Waals surface area contributed by atoms with Crippen molar-refractivity contribution in [1.82, 2.24) is 10.3 Å². The van der Waals surface area contributed by atoms with Crippen LogP contribution in [0, 0.1) is 5.82 Å². The summed E-state index contributed by atoms with van der Waals surface area (Å²) >= 11 is 0. The van der Waals surface area contributed by atoms with Crippen LogP contribution in [0.15, 0.2) is 24.3 Å². The lowest BCUT2D eigenvalue weighted by Gasteiger charge is -2.20. The number of rotatable bonds is 4. The molecule has 108 valence electrons. The molecule has 1 aromatic carbocycles. The molecule has 0 fully saturated rings. The molecule has 3 heteroatoms. The minimum atomic E-state index is -0.245. The summed E-state index contributed by atoms with van der Waals surface area (Å²) in [4.78, 5) is 4.53. The standard InChI is InChI=1S/C17H23FN2/c1-5-9-19-11-12-10-15(17(2,3)4)20-16-13(12)7-6-8-14(16)18/h6-8,10,19H,5,9,11H2,1-4H3. The number of hydrogen-bond acceptors (Lipinski definition) is 2. The lowest BCUT2D eigenvalue weighted by atomic mass is 9.89. The number of aromatic nitrogens is 1. The summed E-state index contributed by atoms with van der Waals surface area (Å²) in [6.07, 6.45) is 1.09. The van der Waals surface area contributed by atoms with Gasteiger partial charge in [-0.3, -0.25) is 0 Å². The Morgan fingerprint density at radius 1 is 1.25 bits per heavy atom. The number of para-hydroxylation sites is 1. The van der Waals surface area contributed by atoms with Crippen LogP contribution in [0.1, 0.15) is 45.4 Å². The first-order chi connectivity index (χ1) is 9.43. The van der Waals surface area contributed by atoms with E-state index >= 15 is 0 Å². The van der Waals surface area contributed by atoms with E-state index in [1.54, 1.807) is 6.07 Å². The molecule has 0 aliphatic rings. The molecule has 0 aliphatic heterocycles. The van der Waals surface area contributed by atoms with Gasteiger partial charge in [0.1, 0.15) is 11.3 Å². The van der Waals surface area contributed by atoms with Crippen LogP contribution in [0.5, 0.6) is 0 Å². The quantitative estimate of drug-likeness (QED) is 0.846. The Balaban J connectivity index is 2.55. The maximum Gasteiger partial charge on any atom is 0.149 e. The summed E-state index contributed by atoms with van der Waals surface area (Å²) < 4.78 is 14.0. The number of nitrogens with zero attached hydrogens (tertiary/aromatic N) is 1. The predicted octanol–water partition coefficient (Wildman–Crippen LogP) is 4.17. The second kappa shape index (κ2) is 5.88. The predicted molar refractivity (Wildman–Crippen MR) is 82.4 cm³/mol. The van der Waals surface area contributed by atoms with E-state index in [0.717, 1.165) is 36.2 Å². The molecular weight excluding hydrogens is 251 g/mol. The SMILES string of the molecule is CCCNCc1cc(C(C)(C)C)nc2c(F)cccc12. The van der Waals surface area contributed by atoms with E-state index in [0.29, 0.717) is 5.52 Å². The van der Waals surface area contributed by atoms with Crippen molar-refractivity contribution in [2.75, 3.05) is 6.54 Å². The van der Waals surface area contributed by atoms with Crippen molar-refractivity contribution in [3.63, 3.8) is 0 Å². The zero-order valence-corrected chi connectivity index (χ0v) is 12.8. The number of fused-ring (bicyclic) bond motifs is 1. The van der Waals surface area contributed by atoms with E-state index in [4.69, 9.17) is 0 Å². The second-order valence-corrected chi connectivity index (χ2v) is 6.23. The lowest BCUT2D eigenvalue weighted by Crippen LogP contribution is -2.18. The van der Waals surface area contributed by atoms with E-state index in [9.17, 15) is 4.39 Å². The fourth-order valence-corrected chi connectivity index (χ4v) is 2.21. The second-order valence-electron chi connectivity index (χ2n) is 6.23. The number of nitrogens with one attached hydrogen (secondary N) is 1. The molecule has 0 aliphatic carbocycles. The largest absolute Gasteiger partial charge is 0.313 e. The van der Waals surface area contributed by atoms with E-state index in [1.165, 1.54) is 6.07 Å². The van der Waals surface area contributed by atoms with Crippen LogP contribution in [0.4, 0.5) is 4.39 Å². The molecule has 1 heterocycles. The van der Waals surface area contributed by atoms with Gasteiger partial charge in [-0.05, 0) is 30.7 Å². The molecule has 2 aromatic rings. The molecule has 1 aromatic heterocycles. The zero-order valence-electron chi connectivity index (χ0n) is 12.8. The van der Waals surface area contributed by atoms with Crippen molar-refractivity contribution < 1.29 is 4.39 Å². The van der Waals surface area contributed by atoms with Crippen LogP contribution in [0.2, 0.25) is 0 Å². The van der Waals surface area contributed by atoms with Crippen LogP contribution in [-0.2, 0) is 12.0 Å². The summed E-state index contributed by atoms with van der Waals surface area (Å²) in [5, 5.41) is 4.30. The maximum atomic E-state index is 14.0. The Labute approximate surface area is 120 Å². The van der Waals surface area contributed by atoms with Crippen LogP contribution < -0.4 is 5.32 Å². The van der Waals surface area contributed by atoms with Gasteiger partial charge in [0.05, 0.1) is 0 Å². The third-order valence-electron chi connectivity index (χ3n) is 3.39. The average molecular weight is 274 g/mol. The topological polar surface area (TPSA) is 24.9 Å². The lowest BCUT2D eigenvalue weighted by molar-refractivity contribution is 0.566. The Kier molecular flexibility index (Phi) is 4.39. The van der Waals surface area contributed by atoms with Crippen molar-refractivity contribution in [2.45, 2.75) is 46.1 Å².